The first-order valence-electron chi connectivity index (χ1n) is 7.85. The first kappa shape index (κ1) is 13.8. The molecule has 2 aromatic rings. The molecule has 0 spiro atoms. The molecule has 1 amide bonds. The first-order valence-corrected chi connectivity index (χ1v) is 8.23. The molecule has 1 saturated heterocycles. The summed E-state index contributed by atoms with van der Waals surface area (Å²) < 4.78 is 0. The number of nitrogens with zero attached hydrogens (tertiary/aromatic N) is 1. The Hall–Kier alpha value is -1.80. The van der Waals surface area contributed by atoms with Crippen molar-refractivity contribution in [3.05, 3.63) is 70.2 Å². The Balaban J connectivity index is 1.39. The van der Waals surface area contributed by atoms with Crippen molar-refractivity contribution < 1.29 is 4.79 Å². The van der Waals surface area contributed by atoms with E-state index in [1.54, 1.807) is 0 Å². The van der Waals surface area contributed by atoms with Gasteiger partial charge < -0.3 is 4.90 Å². The van der Waals surface area contributed by atoms with Gasteiger partial charge in [0.15, 0.2) is 0 Å². The maximum Gasteiger partial charge on any atom is 0.253 e. The Morgan fingerprint density at radius 3 is 2.00 bits per heavy atom. The maximum atomic E-state index is 12.5. The van der Waals surface area contributed by atoms with Crippen LogP contribution in [0.2, 0.25) is 5.02 Å². The lowest BCUT2D eigenvalue weighted by molar-refractivity contribution is 0.0602. The smallest absolute Gasteiger partial charge is 0.253 e. The van der Waals surface area contributed by atoms with Crippen LogP contribution in [0.3, 0.4) is 0 Å². The molecule has 0 unspecified atom stereocenters. The zero-order valence-electron chi connectivity index (χ0n) is 12.3. The van der Waals surface area contributed by atoms with E-state index in [0.717, 1.165) is 29.6 Å². The SMILES string of the molecule is O=C(c1ccc(C2CC2)cc1)N1CC(c2ccc(Cl)cc2)C1. The lowest BCUT2D eigenvalue weighted by Crippen LogP contribution is -2.48. The highest BCUT2D eigenvalue weighted by molar-refractivity contribution is 6.30. The quantitative estimate of drug-likeness (QED) is 0.819. The van der Waals surface area contributed by atoms with Crippen molar-refractivity contribution in [3.8, 4) is 0 Å². The van der Waals surface area contributed by atoms with E-state index >= 15 is 0 Å². The third-order valence-corrected chi connectivity index (χ3v) is 4.97. The minimum atomic E-state index is 0.146. The van der Waals surface area contributed by atoms with Gasteiger partial charge in [0.25, 0.3) is 5.91 Å². The molecule has 0 N–H and O–H groups in total. The van der Waals surface area contributed by atoms with Crippen LogP contribution in [0, 0.1) is 0 Å². The van der Waals surface area contributed by atoms with Crippen LogP contribution >= 0.6 is 11.6 Å². The molecule has 0 radical (unpaired) electrons. The zero-order chi connectivity index (χ0) is 15.1. The summed E-state index contributed by atoms with van der Waals surface area (Å²) in [5.41, 5.74) is 3.44. The highest BCUT2D eigenvalue weighted by atomic mass is 35.5. The predicted molar refractivity (Wildman–Crippen MR) is 88.5 cm³/mol. The van der Waals surface area contributed by atoms with Gasteiger partial charge in [-0.1, -0.05) is 35.9 Å². The molecular weight excluding hydrogens is 294 g/mol. The van der Waals surface area contributed by atoms with Gasteiger partial charge in [-0.05, 0) is 54.2 Å². The molecule has 22 heavy (non-hydrogen) atoms. The Bertz CT molecular complexity index is 682. The molecular formula is C19H18ClNO. The Morgan fingerprint density at radius 2 is 1.41 bits per heavy atom. The molecule has 4 rings (SSSR count). The summed E-state index contributed by atoms with van der Waals surface area (Å²) in [6.45, 7) is 1.59. The van der Waals surface area contributed by atoms with E-state index in [0.29, 0.717) is 5.92 Å². The van der Waals surface area contributed by atoms with Crippen molar-refractivity contribution in [3.63, 3.8) is 0 Å². The van der Waals surface area contributed by atoms with Gasteiger partial charge in [-0.2, -0.15) is 0 Å². The highest BCUT2D eigenvalue weighted by Gasteiger charge is 2.32. The van der Waals surface area contributed by atoms with Crippen molar-refractivity contribution >= 4 is 17.5 Å². The molecule has 1 aliphatic carbocycles. The number of amides is 1. The molecule has 2 nitrogen and oxygen atoms in total. The number of carbonyl (C=O) groups excluding carboxylic acids is 1. The number of hydrogen-bond acceptors (Lipinski definition) is 1. The fourth-order valence-electron chi connectivity index (χ4n) is 3.09. The summed E-state index contributed by atoms with van der Waals surface area (Å²) >= 11 is 5.91. The Morgan fingerprint density at radius 1 is 0.864 bits per heavy atom. The van der Waals surface area contributed by atoms with Crippen molar-refractivity contribution in [2.75, 3.05) is 13.1 Å². The van der Waals surface area contributed by atoms with Crippen LogP contribution in [0.15, 0.2) is 48.5 Å². The van der Waals surface area contributed by atoms with Gasteiger partial charge in [0.1, 0.15) is 0 Å². The lowest BCUT2D eigenvalue weighted by Gasteiger charge is -2.39. The van der Waals surface area contributed by atoms with Crippen LogP contribution in [-0.4, -0.2) is 23.9 Å². The van der Waals surface area contributed by atoms with Gasteiger partial charge in [0.05, 0.1) is 0 Å². The number of likely N-dealkylation sites (tertiary alicyclic amines) is 1. The molecule has 3 heteroatoms. The zero-order valence-corrected chi connectivity index (χ0v) is 13.1. The number of hydrogen-bond donors (Lipinski definition) is 0. The molecule has 0 aromatic heterocycles. The van der Waals surface area contributed by atoms with Crippen molar-refractivity contribution in [2.24, 2.45) is 0 Å². The third kappa shape index (κ3) is 2.64. The molecule has 0 atom stereocenters. The van der Waals surface area contributed by atoms with E-state index in [1.807, 2.05) is 29.2 Å². The van der Waals surface area contributed by atoms with E-state index in [2.05, 4.69) is 24.3 Å². The van der Waals surface area contributed by atoms with Crippen LogP contribution in [-0.2, 0) is 0 Å². The van der Waals surface area contributed by atoms with E-state index in [1.165, 1.54) is 24.0 Å². The monoisotopic (exact) mass is 311 g/mol. The molecule has 2 aromatic carbocycles. The highest BCUT2D eigenvalue weighted by Crippen LogP contribution is 2.40. The van der Waals surface area contributed by atoms with Crippen LogP contribution in [0.4, 0.5) is 0 Å². The van der Waals surface area contributed by atoms with Gasteiger partial charge in [-0.15, -0.1) is 0 Å². The number of carbonyl (C=O) groups is 1. The Labute approximate surface area is 135 Å². The van der Waals surface area contributed by atoms with Crippen molar-refractivity contribution in [2.45, 2.75) is 24.7 Å². The maximum absolute atomic E-state index is 12.5. The molecule has 1 heterocycles. The summed E-state index contributed by atoms with van der Waals surface area (Å²) in [5.74, 6) is 1.32. The summed E-state index contributed by atoms with van der Waals surface area (Å²) in [5, 5.41) is 0.756. The molecule has 2 aliphatic rings. The fraction of sp³-hybridized carbons (Fsp3) is 0.316. The molecule has 112 valence electrons. The molecule has 1 aliphatic heterocycles. The fourth-order valence-corrected chi connectivity index (χ4v) is 3.21. The van der Waals surface area contributed by atoms with Gasteiger partial charge >= 0.3 is 0 Å². The van der Waals surface area contributed by atoms with Crippen LogP contribution in [0.25, 0.3) is 0 Å². The lowest BCUT2D eigenvalue weighted by atomic mass is 9.91. The normalized spacial score (nSPS) is 18.1. The minimum absolute atomic E-state index is 0.146. The topological polar surface area (TPSA) is 20.3 Å². The van der Waals surface area contributed by atoms with Gasteiger partial charge in [-0.3, -0.25) is 4.79 Å². The number of halogens is 1. The van der Waals surface area contributed by atoms with E-state index in [9.17, 15) is 4.79 Å². The van der Waals surface area contributed by atoms with E-state index in [4.69, 9.17) is 11.6 Å². The van der Waals surface area contributed by atoms with Crippen LogP contribution in [0.5, 0.6) is 0 Å². The van der Waals surface area contributed by atoms with Gasteiger partial charge in [-0.25, -0.2) is 0 Å². The van der Waals surface area contributed by atoms with Crippen LogP contribution < -0.4 is 0 Å². The summed E-state index contributed by atoms with van der Waals surface area (Å²) in [6, 6.07) is 16.1. The molecule has 1 saturated carbocycles. The first-order chi connectivity index (χ1) is 10.7. The third-order valence-electron chi connectivity index (χ3n) is 4.72. The van der Waals surface area contributed by atoms with Gasteiger partial charge in [0, 0.05) is 29.6 Å². The predicted octanol–water partition coefficient (Wildman–Crippen LogP) is 4.46. The molecule has 0 bridgehead atoms. The summed E-state index contributed by atoms with van der Waals surface area (Å²) in [6.07, 6.45) is 2.59. The van der Waals surface area contributed by atoms with Crippen LogP contribution in [0.1, 0.15) is 46.2 Å². The second kappa shape index (κ2) is 5.44. The Kier molecular flexibility index (Phi) is 3.42. The van der Waals surface area contributed by atoms with E-state index < -0.39 is 0 Å². The summed E-state index contributed by atoms with van der Waals surface area (Å²) in [7, 11) is 0. The molecule has 2 fully saturated rings. The van der Waals surface area contributed by atoms with E-state index in [-0.39, 0.29) is 5.91 Å². The van der Waals surface area contributed by atoms with Gasteiger partial charge in [0.2, 0.25) is 0 Å². The second-order valence-corrected chi connectivity index (χ2v) is 6.79. The number of benzene rings is 2. The number of rotatable bonds is 3. The average Bonchev–Trinajstić information content (AvgIpc) is 3.32. The van der Waals surface area contributed by atoms with Crippen molar-refractivity contribution in [1.82, 2.24) is 4.90 Å². The van der Waals surface area contributed by atoms with Crippen molar-refractivity contribution in [1.29, 1.82) is 0 Å². The average molecular weight is 312 g/mol. The standard InChI is InChI=1S/C19H18ClNO/c20-18-9-7-15(8-10-18)17-11-21(12-17)19(22)16-5-3-14(4-6-16)13-1-2-13/h3-10,13,17H,1-2,11-12H2. The second-order valence-electron chi connectivity index (χ2n) is 6.35. The largest absolute Gasteiger partial charge is 0.337 e. The minimum Gasteiger partial charge on any atom is -0.337 e. The summed E-state index contributed by atoms with van der Waals surface area (Å²) in [4.78, 5) is 14.4.